The second-order valence-corrected chi connectivity index (χ2v) is 4.12. The lowest BCUT2D eigenvalue weighted by Crippen LogP contribution is -2.36. The monoisotopic (exact) mass is 207 g/mol. The molecule has 0 bridgehead atoms. The summed E-state index contributed by atoms with van der Waals surface area (Å²) in [6.45, 7) is 10.4. The molecule has 1 aromatic rings. The third-order valence-corrected chi connectivity index (χ3v) is 2.46. The number of nitrogens with zero attached hydrogens (tertiary/aromatic N) is 1. The second-order valence-electron chi connectivity index (χ2n) is 4.12. The average Bonchev–Trinajstić information content (AvgIpc) is 2.19. The van der Waals surface area contributed by atoms with Gasteiger partial charge in [0.25, 0.3) is 0 Å². The van der Waals surface area contributed by atoms with Crippen molar-refractivity contribution < 1.29 is 0 Å². The average molecular weight is 207 g/mol. The largest absolute Gasteiger partial charge is 0.370 e. The highest BCUT2D eigenvalue weighted by molar-refractivity contribution is 5.36. The van der Waals surface area contributed by atoms with E-state index in [0.717, 1.165) is 18.9 Å². The Morgan fingerprint density at radius 3 is 2.40 bits per heavy atom. The molecule has 0 saturated carbocycles. The van der Waals surface area contributed by atoms with Gasteiger partial charge in [0.2, 0.25) is 0 Å². The Balaban J connectivity index is 2.78. The van der Waals surface area contributed by atoms with Gasteiger partial charge in [0.15, 0.2) is 0 Å². The maximum Gasteiger partial charge on any atom is 0.125 e. The topological polar surface area (TPSA) is 37.0 Å². The zero-order valence-electron chi connectivity index (χ0n) is 10.1. The molecule has 15 heavy (non-hydrogen) atoms. The summed E-state index contributed by atoms with van der Waals surface area (Å²) < 4.78 is 0. The Morgan fingerprint density at radius 2 is 1.93 bits per heavy atom. The lowest BCUT2D eigenvalue weighted by molar-refractivity contribution is 0.414. The molecule has 0 unspecified atom stereocenters. The molecule has 0 spiro atoms. The van der Waals surface area contributed by atoms with Crippen LogP contribution in [-0.4, -0.2) is 18.1 Å². The molecule has 0 fully saturated rings. The smallest absolute Gasteiger partial charge is 0.125 e. The van der Waals surface area contributed by atoms with Crippen LogP contribution in [0.5, 0.6) is 0 Å². The third-order valence-electron chi connectivity index (χ3n) is 2.46. The molecule has 2 N–H and O–H groups in total. The molecule has 0 aromatic carbocycles. The zero-order valence-corrected chi connectivity index (χ0v) is 10.1. The van der Waals surface area contributed by atoms with Crippen LogP contribution >= 0.6 is 0 Å². The number of rotatable bonds is 5. The van der Waals surface area contributed by atoms with Crippen molar-refractivity contribution in [1.29, 1.82) is 0 Å². The maximum atomic E-state index is 4.37. The molecule has 0 aliphatic rings. The predicted octanol–water partition coefficient (Wildman–Crippen LogP) is 2.36. The van der Waals surface area contributed by atoms with Gasteiger partial charge >= 0.3 is 0 Å². The van der Waals surface area contributed by atoms with Crippen LogP contribution < -0.4 is 10.6 Å². The van der Waals surface area contributed by atoms with Crippen molar-refractivity contribution in [2.24, 2.45) is 0 Å². The van der Waals surface area contributed by atoms with Gasteiger partial charge in [-0.25, -0.2) is 4.98 Å². The highest BCUT2D eigenvalue weighted by Gasteiger charge is 2.18. The van der Waals surface area contributed by atoms with Gasteiger partial charge in [0.1, 0.15) is 5.82 Å². The molecule has 84 valence electrons. The summed E-state index contributed by atoms with van der Waals surface area (Å²) in [5, 5.41) is 6.62. The fourth-order valence-corrected chi connectivity index (χ4v) is 1.59. The number of hydrogen-bond acceptors (Lipinski definition) is 3. The highest BCUT2D eigenvalue weighted by atomic mass is 15.0. The summed E-state index contributed by atoms with van der Waals surface area (Å²) in [5.41, 5.74) is 1.21. The summed E-state index contributed by atoms with van der Waals surface area (Å²) in [5.74, 6) is 0.938. The fraction of sp³-hybridized carbons (Fsp3) is 0.583. The molecule has 1 aromatic heterocycles. The molecule has 0 radical (unpaired) electrons. The van der Waals surface area contributed by atoms with Crippen molar-refractivity contribution in [1.82, 2.24) is 10.3 Å². The third kappa shape index (κ3) is 3.20. The Hall–Kier alpha value is -1.09. The lowest BCUT2D eigenvalue weighted by Gasteiger charge is -2.26. The van der Waals surface area contributed by atoms with Crippen LogP contribution in [0.1, 0.15) is 33.3 Å². The van der Waals surface area contributed by atoms with Crippen LogP contribution in [-0.2, 0) is 5.54 Å². The van der Waals surface area contributed by atoms with Crippen molar-refractivity contribution in [3.8, 4) is 0 Å². The number of nitrogens with one attached hydrogen (secondary N) is 2. The van der Waals surface area contributed by atoms with Crippen LogP contribution in [0.3, 0.4) is 0 Å². The molecule has 1 heterocycles. The molecular weight excluding hydrogens is 186 g/mol. The van der Waals surface area contributed by atoms with Crippen LogP contribution in [0.4, 0.5) is 5.82 Å². The van der Waals surface area contributed by atoms with E-state index in [2.05, 4.69) is 49.4 Å². The van der Waals surface area contributed by atoms with Gasteiger partial charge in [0, 0.05) is 18.3 Å². The van der Waals surface area contributed by atoms with Crippen molar-refractivity contribution in [3.63, 3.8) is 0 Å². The molecule has 3 nitrogen and oxygen atoms in total. The van der Waals surface area contributed by atoms with E-state index >= 15 is 0 Å². The minimum atomic E-state index is -0.00745. The summed E-state index contributed by atoms with van der Waals surface area (Å²) in [6, 6.07) is 4.14. The summed E-state index contributed by atoms with van der Waals surface area (Å²) >= 11 is 0. The van der Waals surface area contributed by atoms with Crippen LogP contribution in [0, 0.1) is 0 Å². The zero-order chi connectivity index (χ0) is 11.3. The van der Waals surface area contributed by atoms with E-state index in [1.807, 2.05) is 12.3 Å². The Bertz CT molecular complexity index is 290. The summed E-state index contributed by atoms with van der Waals surface area (Å²) in [4.78, 5) is 4.37. The Labute approximate surface area is 92.3 Å². The lowest BCUT2D eigenvalue weighted by atomic mass is 9.96. The van der Waals surface area contributed by atoms with Crippen LogP contribution in [0.2, 0.25) is 0 Å². The summed E-state index contributed by atoms with van der Waals surface area (Å²) in [6.07, 6.45) is 1.93. The van der Waals surface area contributed by atoms with Crippen molar-refractivity contribution in [3.05, 3.63) is 23.9 Å². The van der Waals surface area contributed by atoms with Crippen LogP contribution in [0.15, 0.2) is 18.3 Å². The van der Waals surface area contributed by atoms with Gasteiger partial charge in [-0.3, -0.25) is 0 Å². The molecule has 0 saturated heterocycles. The molecule has 3 heteroatoms. The van der Waals surface area contributed by atoms with Gasteiger partial charge in [-0.2, -0.15) is 0 Å². The normalized spacial score (nSPS) is 11.5. The van der Waals surface area contributed by atoms with E-state index in [1.54, 1.807) is 0 Å². The molecule has 0 atom stereocenters. The minimum Gasteiger partial charge on any atom is -0.370 e. The SMILES string of the molecule is CCNc1ccc(C(C)(C)NCC)cn1. The molecule has 0 amide bonds. The minimum absolute atomic E-state index is 0.00745. The second kappa shape index (κ2) is 5.12. The first-order chi connectivity index (χ1) is 7.10. The number of aromatic nitrogens is 1. The van der Waals surface area contributed by atoms with Gasteiger partial charge in [0.05, 0.1) is 0 Å². The number of hydrogen-bond donors (Lipinski definition) is 2. The first-order valence-electron chi connectivity index (χ1n) is 5.55. The van der Waals surface area contributed by atoms with Gasteiger partial charge in [-0.1, -0.05) is 13.0 Å². The first-order valence-corrected chi connectivity index (χ1v) is 5.55. The van der Waals surface area contributed by atoms with Gasteiger partial charge in [-0.15, -0.1) is 0 Å². The van der Waals surface area contributed by atoms with Crippen LogP contribution in [0.25, 0.3) is 0 Å². The molecule has 1 rings (SSSR count). The standard InChI is InChI=1S/C12H21N3/c1-5-13-11-8-7-10(9-14-11)12(3,4)15-6-2/h7-9,15H,5-6H2,1-4H3,(H,13,14). The van der Waals surface area contributed by atoms with E-state index < -0.39 is 0 Å². The van der Waals surface area contributed by atoms with Crippen molar-refractivity contribution in [2.45, 2.75) is 33.2 Å². The van der Waals surface area contributed by atoms with Gasteiger partial charge in [-0.05, 0) is 38.9 Å². The number of anilines is 1. The Kier molecular flexibility index (Phi) is 4.09. The fourth-order valence-electron chi connectivity index (χ4n) is 1.59. The molecular formula is C12H21N3. The van der Waals surface area contributed by atoms with Gasteiger partial charge < -0.3 is 10.6 Å². The summed E-state index contributed by atoms with van der Waals surface area (Å²) in [7, 11) is 0. The maximum absolute atomic E-state index is 4.37. The van der Waals surface area contributed by atoms with Crippen molar-refractivity contribution >= 4 is 5.82 Å². The van der Waals surface area contributed by atoms with E-state index in [-0.39, 0.29) is 5.54 Å². The quantitative estimate of drug-likeness (QED) is 0.778. The molecule has 0 aliphatic carbocycles. The molecule has 0 aliphatic heterocycles. The Morgan fingerprint density at radius 1 is 1.20 bits per heavy atom. The first kappa shape index (κ1) is 12.0. The van der Waals surface area contributed by atoms with E-state index in [1.165, 1.54) is 5.56 Å². The van der Waals surface area contributed by atoms with E-state index in [9.17, 15) is 0 Å². The van der Waals surface area contributed by atoms with E-state index in [0.29, 0.717) is 0 Å². The number of pyridine rings is 1. The predicted molar refractivity (Wildman–Crippen MR) is 65.1 cm³/mol. The van der Waals surface area contributed by atoms with Crippen molar-refractivity contribution in [2.75, 3.05) is 18.4 Å². The highest BCUT2D eigenvalue weighted by Crippen LogP contribution is 2.19. The van der Waals surface area contributed by atoms with E-state index in [4.69, 9.17) is 0 Å².